The summed E-state index contributed by atoms with van der Waals surface area (Å²) in [4.78, 5) is 38.4. The van der Waals surface area contributed by atoms with Crippen molar-refractivity contribution in [3.8, 4) is 0 Å². The van der Waals surface area contributed by atoms with Crippen LogP contribution >= 0.6 is 0 Å². The van der Waals surface area contributed by atoms with Crippen molar-refractivity contribution in [1.29, 1.82) is 0 Å². The lowest BCUT2D eigenvalue weighted by molar-refractivity contribution is -0.167. The molecule has 6 nitrogen and oxygen atoms in total. The summed E-state index contributed by atoms with van der Waals surface area (Å²) in [6.07, 6.45) is 89.2. The Kier molecular flexibility index (Phi) is 65.7. The van der Waals surface area contributed by atoms with Crippen LogP contribution in [0.15, 0.2) is 72.9 Å². The number of allylic oxidation sites excluding steroid dienone is 12. The van der Waals surface area contributed by atoms with E-state index in [0.29, 0.717) is 19.3 Å². The summed E-state index contributed by atoms with van der Waals surface area (Å²) in [5.41, 5.74) is 0. The van der Waals surface area contributed by atoms with Crippen LogP contribution in [0.2, 0.25) is 0 Å². The topological polar surface area (TPSA) is 78.9 Å². The van der Waals surface area contributed by atoms with E-state index in [1.807, 2.05) is 0 Å². The van der Waals surface area contributed by atoms with E-state index in [-0.39, 0.29) is 31.1 Å². The van der Waals surface area contributed by atoms with Crippen LogP contribution in [0, 0.1) is 0 Å². The van der Waals surface area contributed by atoms with Crippen LogP contribution in [0.25, 0.3) is 0 Å². The Labute approximate surface area is 497 Å². The van der Waals surface area contributed by atoms with Gasteiger partial charge in [0.1, 0.15) is 13.2 Å². The van der Waals surface area contributed by atoms with E-state index in [0.717, 1.165) is 96.3 Å². The summed E-state index contributed by atoms with van der Waals surface area (Å²) >= 11 is 0. The molecule has 0 radical (unpaired) electrons. The van der Waals surface area contributed by atoms with Crippen molar-refractivity contribution in [2.45, 2.75) is 367 Å². The number of carbonyl (C=O) groups excluding carboxylic acids is 3. The first kappa shape index (κ1) is 76.9. The van der Waals surface area contributed by atoms with Crippen molar-refractivity contribution in [2.75, 3.05) is 13.2 Å². The zero-order chi connectivity index (χ0) is 57.8. The lowest BCUT2D eigenvalue weighted by atomic mass is 10.0. The fraction of sp³-hybridized carbons (Fsp3) is 0.797. The van der Waals surface area contributed by atoms with E-state index in [9.17, 15) is 14.4 Å². The predicted molar refractivity (Wildman–Crippen MR) is 348 cm³/mol. The first-order valence-electron chi connectivity index (χ1n) is 34.9. The van der Waals surface area contributed by atoms with Gasteiger partial charge in [-0.05, 0) is 70.6 Å². The molecule has 0 heterocycles. The lowest BCUT2D eigenvalue weighted by Crippen LogP contribution is -2.30. The SMILES string of the molecule is CC/C=C\C/C=C\C/C=C\C/C=C\C/C=C\C/C=C\CCCCCCCCCCCCCCC(=O)OCC(COC(=O)CCCCCCCCCCCCCCC)OC(=O)CCCCCCCCCCCCCCCCCCCC. The standard InChI is InChI=1S/C74H132O6/c1-4-7-10-13-16-19-22-25-27-29-31-32-33-34-35-36-37-38-39-40-41-42-43-45-46-49-52-55-58-61-64-67-73(76)79-70-71(69-78-72(75)66-63-60-57-54-51-48-24-21-18-15-12-9-6-3)80-74(77)68-65-62-59-56-53-50-47-44-30-28-26-23-20-17-14-11-8-5-2/h7,10,16,19,25,27,31-32,34-35,37-38,71H,4-6,8-9,11-15,17-18,20-24,26,28-30,33,36,39-70H2,1-3H3/b10-7-,19-16-,27-25-,32-31-,35-34-,38-37-. The molecule has 0 bridgehead atoms. The maximum absolute atomic E-state index is 12.9. The number of hydrogen-bond donors (Lipinski definition) is 0. The van der Waals surface area contributed by atoms with Crippen molar-refractivity contribution in [2.24, 2.45) is 0 Å². The summed E-state index contributed by atoms with van der Waals surface area (Å²) < 4.78 is 17.0. The van der Waals surface area contributed by atoms with E-state index in [1.54, 1.807) is 0 Å². The Bertz CT molecular complexity index is 1470. The van der Waals surface area contributed by atoms with Crippen LogP contribution < -0.4 is 0 Å². The highest BCUT2D eigenvalue weighted by molar-refractivity contribution is 5.71. The Hall–Kier alpha value is -3.15. The number of hydrogen-bond acceptors (Lipinski definition) is 6. The van der Waals surface area contributed by atoms with Crippen LogP contribution in [-0.2, 0) is 28.6 Å². The average molecular weight is 1120 g/mol. The second kappa shape index (κ2) is 68.3. The molecule has 0 aromatic rings. The van der Waals surface area contributed by atoms with Crippen molar-refractivity contribution in [1.82, 2.24) is 0 Å². The summed E-state index contributed by atoms with van der Waals surface area (Å²) in [6.45, 7) is 6.58. The van der Waals surface area contributed by atoms with Crippen molar-refractivity contribution < 1.29 is 28.6 Å². The monoisotopic (exact) mass is 1120 g/mol. The summed E-state index contributed by atoms with van der Waals surface area (Å²) in [7, 11) is 0. The number of ether oxygens (including phenoxy) is 3. The van der Waals surface area contributed by atoms with Crippen LogP contribution in [0.1, 0.15) is 361 Å². The molecule has 0 aromatic heterocycles. The highest BCUT2D eigenvalue weighted by Gasteiger charge is 2.19. The molecular formula is C74H132O6. The third-order valence-corrected chi connectivity index (χ3v) is 15.5. The maximum atomic E-state index is 12.9. The van der Waals surface area contributed by atoms with E-state index >= 15 is 0 Å². The molecule has 1 unspecified atom stereocenters. The highest BCUT2D eigenvalue weighted by Crippen LogP contribution is 2.18. The van der Waals surface area contributed by atoms with Gasteiger partial charge in [0.15, 0.2) is 6.10 Å². The predicted octanol–water partition coefficient (Wildman–Crippen LogP) is 24.1. The number of esters is 3. The molecule has 0 aliphatic heterocycles. The third-order valence-electron chi connectivity index (χ3n) is 15.5. The van der Waals surface area contributed by atoms with E-state index in [4.69, 9.17) is 14.2 Å². The minimum absolute atomic E-state index is 0.0690. The maximum Gasteiger partial charge on any atom is 0.306 e. The molecule has 0 rings (SSSR count). The number of rotatable bonds is 64. The third kappa shape index (κ3) is 65.7. The van der Waals surface area contributed by atoms with Crippen molar-refractivity contribution in [3.05, 3.63) is 72.9 Å². The number of carbonyl (C=O) groups is 3. The van der Waals surface area contributed by atoms with Gasteiger partial charge in [-0.3, -0.25) is 14.4 Å². The molecule has 0 amide bonds. The molecule has 0 aromatic carbocycles. The first-order chi connectivity index (χ1) is 39.5. The smallest absolute Gasteiger partial charge is 0.306 e. The van der Waals surface area contributed by atoms with Gasteiger partial charge >= 0.3 is 17.9 Å². The first-order valence-corrected chi connectivity index (χ1v) is 34.9. The fourth-order valence-corrected chi connectivity index (χ4v) is 10.3. The molecule has 6 heteroatoms. The van der Waals surface area contributed by atoms with Gasteiger partial charge < -0.3 is 14.2 Å². The van der Waals surface area contributed by atoms with E-state index < -0.39 is 6.10 Å². The molecule has 0 aliphatic rings. The second-order valence-electron chi connectivity index (χ2n) is 23.4. The van der Waals surface area contributed by atoms with Gasteiger partial charge in [0.05, 0.1) is 0 Å². The largest absolute Gasteiger partial charge is 0.462 e. The van der Waals surface area contributed by atoms with Crippen molar-refractivity contribution >= 4 is 17.9 Å². The van der Waals surface area contributed by atoms with Gasteiger partial charge in [-0.1, -0.05) is 344 Å². The summed E-state index contributed by atoms with van der Waals surface area (Å²) in [5.74, 6) is -0.847. The number of unbranched alkanes of at least 4 members (excludes halogenated alkanes) is 41. The van der Waals surface area contributed by atoms with E-state index in [2.05, 4.69) is 93.7 Å². The molecule has 0 fully saturated rings. The minimum Gasteiger partial charge on any atom is -0.462 e. The molecule has 0 N–H and O–H groups in total. The Morgan fingerprint density at radius 3 is 0.762 bits per heavy atom. The summed E-state index contributed by atoms with van der Waals surface area (Å²) in [6, 6.07) is 0. The van der Waals surface area contributed by atoms with Crippen LogP contribution in [0.5, 0.6) is 0 Å². The van der Waals surface area contributed by atoms with Crippen LogP contribution in [-0.4, -0.2) is 37.2 Å². The van der Waals surface area contributed by atoms with Crippen molar-refractivity contribution in [3.63, 3.8) is 0 Å². The van der Waals surface area contributed by atoms with Crippen LogP contribution in [0.3, 0.4) is 0 Å². The average Bonchev–Trinajstić information content (AvgIpc) is 3.46. The van der Waals surface area contributed by atoms with E-state index in [1.165, 1.54) is 225 Å². The summed E-state index contributed by atoms with van der Waals surface area (Å²) in [5, 5.41) is 0. The molecule has 0 aliphatic carbocycles. The molecule has 0 spiro atoms. The van der Waals surface area contributed by atoms with Gasteiger partial charge in [-0.2, -0.15) is 0 Å². The fourth-order valence-electron chi connectivity index (χ4n) is 10.3. The van der Waals surface area contributed by atoms with Gasteiger partial charge in [0.2, 0.25) is 0 Å². The highest BCUT2D eigenvalue weighted by atomic mass is 16.6. The molecule has 0 saturated carbocycles. The Morgan fingerprint density at radius 1 is 0.263 bits per heavy atom. The van der Waals surface area contributed by atoms with Crippen LogP contribution in [0.4, 0.5) is 0 Å². The second-order valence-corrected chi connectivity index (χ2v) is 23.4. The van der Waals surface area contributed by atoms with Gasteiger partial charge in [-0.15, -0.1) is 0 Å². The molecule has 464 valence electrons. The zero-order valence-corrected chi connectivity index (χ0v) is 53.3. The Balaban J connectivity index is 4.21. The lowest BCUT2D eigenvalue weighted by Gasteiger charge is -2.18. The molecule has 1 atom stereocenters. The zero-order valence-electron chi connectivity index (χ0n) is 53.3. The molecule has 80 heavy (non-hydrogen) atoms. The molecule has 0 saturated heterocycles. The normalized spacial score (nSPS) is 12.5. The van der Waals surface area contributed by atoms with Gasteiger partial charge in [0, 0.05) is 19.3 Å². The quantitative estimate of drug-likeness (QED) is 0.0261. The van der Waals surface area contributed by atoms with Gasteiger partial charge in [0.25, 0.3) is 0 Å². The minimum atomic E-state index is -0.772. The Morgan fingerprint density at radius 2 is 0.487 bits per heavy atom. The van der Waals surface area contributed by atoms with Gasteiger partial charge in [-0.25, -0.2) is 0 Å². The molecular weight excluding hydrogens is 985 g/mol.